The average Bonchev–Trinajstić information content (AvgIpc) is 3.50. The molecule has 1 aliphatic carbocycles. The van der Waals surface area contributed by atoms with Crippen LogP contribution in [0.1, 0.15) is 25.0 Å². The van der Waals surface area contributed by atoms with Crippen molar-refractivity contribution in [2.75, 3.05) is 0 Å². The molecule has 8 aromatic rings. The zero-order valence-electron chi connectivity index (χ0n) is 23.6. The number of furan rings is 1. The number of rotatable bonds is 2. The van der Waals surface area contributed by atoms with Gasteiger partial charge in [-0.25, -0.2) is 0 Å². The van der Waals surface area contributed by atoms with Crippen LogP contribution in [0.2, 0.25) is 0 Å². The highest BCUT2D eigenvalue weighted by molar-refractivity contribution is 6.16. The standard InChI is InChI=1S/C41H28O/c1-41(2)34-22-29(31-17-10-18-36-39(31)33-21-26-13-6-7-14-27(26)24-37(33)42-36)19-20-32(34)40-35(41)23-28-15-8-9-16-30(28)38(40)25-11-4-3-5-12-25/h3-24H,1-2H3. The summed E-state index contributed by atoms with van der Waals surface area (Å²) in [4.78, 5) is 0. The summed E-state index contributed by atoms with van der Waals surface area (Å²) >= 11 is 0. The molecule has 0 atom stereocenters. The first-order valence-corrected chi connectivity index (χ1v) is 14.7. The van der Waals surface area contributed by atoms with Crippen molar-refractivity contribution >= 4 is 43.5 Å². The van der Waals surface area contributed by atoms with Crippen molar-refractivity contribution in [3.05, 3.63) is 145 Å². The number of hydrogen-bond acceptors (Lipinski definition) is 1. The highest BCUT2D eigenvalue weighted by atomic mass is 16.3. The fraction of sp³-hybridized carbons (Fsp3) is 0.0732. The molecule has 0 saturated heterocycles. The first-order valence-electron chi connectivity index (χ1n) is 14.7. The summed E-state index contributed by atoms with van der Waals surface area (Å²) in [6.45, 7) is 4.76. The molecule has 0 unspecified atom stereocenters. The van der Waals surface area contributed by atoms with Crippen LogP contribution in [0.25, 0.3) is 76.9 Å². The van der Waals surface area contributed by atoms with Crippen molar-refractivity contribution in [2.24, 2.45) is 0 Å². The average molecular weight is 537 g/mol. The van der Waals surface area contributed by atoms with Gasteiger partial charge in [0.15, 0.2) is 0 Å². The van der Waals surface area contributed by atoms with Crippen molar-refractivity contribution in [1.82, 2.24) is 0 Å². The Morgan fingerprint density at radius 2 is 1.19 bits per heavy atom. The van der Waals surface area contributed by atoms with Gasteiger partial charge >= 0.3 is 0 Å². The topological polar surface area (TPSA) is 13.1 Å². The van der Waals surface area contributed by atoms with Gasteiger partial charge in [-0.15, -0.1) is 0 Å². The van der Waals surface area contributed by atoms with Gasteiger partial charge in [0.1, 0.15) is 11.2 Å². The van der Waals surface area contributed by atoms with Crippen LogP contribution in [0.5, 0.6) is 0 Å². The molecule has 0 amide bonds. The first kappa shape index (κ1) is 23.6. The minimum absolute atomic E-state index is 0.142. The molecule has 1 heteroatoms. The Kier molecular flexibility index (Phi) is 4.73. The number of hydrogen-bond donors (Lipinski definition) is 0. The van der Waals surface area contributed by atoms with Crippen molar-refractivity contribution in [3.63, 3.8) is 0 Å². The molecule has 0 saturated carbocycles. The van der Waals surface area contributed by atoms with E-state index in [4.69, 9.17) is 4.42 Å². The van der Waals surface area contributed by atoms with Crippen LogP contribution in [-0.4, -0.2) is 0 Å². The van der Waals surface area contributed by atoms with Gasteiger partial charge < -0.3 is 4.42 Å². The minimum Gasteiger partial charge on any atom is -0.456 e. The maximum atomic E-state index is 6.42. The van der Waals surface area contributed by atoms with Crippen molar-refractivity contribution in [2.45, 2.75) is 19.3 Å². The lowest BCUT2D eigenvalue weighted by Gasteiger charge is -2.23. The Labute approximate surface area is 244 Å². The largest absolute Gasteiger partial charge is 0.456 e. The maximum absolute atomic E-state index is 6.42. The molecule has 0 fully saturated rings. The van der Waals surface area contributed by atoms with E-state index in [-0.39, 0.29) is 5.41 Å². The molecular formula is C41H28O. The van der Waals surface area contributed by atoms with E-state index in [1.54, 1.807) is 0 Å². The van der Waals surface area contributed by atoms with Crippen LogP contribution in [-0.2, 0) is 5.41 Å². The molecule has 0 bridgehead atoms. The minimum atomic E-state index is -0.142. The van der Waals surface area contributed by atoms with Gasteiger partial charge in [0, 0.05) is 16.2 Å². The second-order valence-corrected chi connectivity index (χ2v) is 12.1. The van der Waals surface area contributed by atoms with Gasteiger partial charge in [0.05, 0.1) is 0 Å². The van der Waals surface area contributed by atoms with Crippen LogP contribution >= 0.6 is 0 Å². The predicted molar refractivity (Wildman–Crippen MR) is 177 cm³/mol. The summed E-state index contributed by atoms with van der Waals surface area (Å²) in [5, 5.41) is 7.37. The molecule has 42 heavy (non-hydrogen) atoms. The number of benzene rings is 7. The summed E-state index contributed by atoms with van der Waals surface area (Å²) in [5.74, 6) is 0. The quantitative estimate of drug-likeness (QED) is 0.214. The number of fused-ring (bicyclic) bond motifs is 8. The van der Waals surface area contributed by atoms with Crippen molar-refractivity contribution in [1.29, 1.82) is 0 Å². The van der Waals surface area contributed by atoms with E-state index in [1.807, 2.05) is 0 Å². The molecule has 9 rings (SSSR count). The highest BCUT2D eigenvalue weighted by Crippen LogP contribution is 2.55. The van der Waals surface area contributed by atoms with Gasteiger partial charge in [-0.3, -0.25) is 0 Å². The molecule has 1 nitrogen and oxygen atoms in total. The molecule has 1 aromatic heterocycles. The summed E-state index contributed by atoms with van der Waals surface area (Å²) < 4.78 is 6.42. The molecule has 7 aromatic carbocycles. The fourth-order valence-corrected chi connectivity index (χ4v) is 7.37. The van der Waals surface area contributed by atoms with E-state index in [0.29, 0.717) is 0 Å². The molecule has 0 N–H and O–H groups in total. The third-order valence-corrected chi connectivity index (χ3v) is 9.42. The van der Waals surface area contributed by atoms with E-state index in [0.717, 1.165) is 11.2 Å². The van der Waals surface area contributed by atoms with Gasteiger partial charge in [0.25, 0.3) is 0 Å². The summed E-state index contributed by atoms with van der Waals surface area (Å²) in [6.07, 6.45) is 0. The third kappa shape index (κ3) is 3.19. The Morgan fingerprint density at radius 1 is 0.452 bits per heavy atom. The Bertz CT molecular complexity index is 2370. The molecular weight excluding hydrogens is 508 g/mol. The predicted octanol–water partition coefficient (Wildman–Crippen LogP) is 11.5. The summed E-state index contributed by atoms with van der Waals surface area (Å²) in [6, 6.07) is 48.7. The molecule has 0 radical (unpaired) electrons. The molecule has 1 aliphatic rings. The van der Waals surface area contributed by atoms with Crippen LogP contribution in [0.3, 0.4) is 0 Å². The highest BCUT2D eigenvalue weighted by Gasteiger charge is 2.38. The molecule has 0 spiro atoms. The summed E-state index contributed by atoms with van der Waals surface area (Å²) in [5.41, 5.74) is 12.2. The van der Waals surface area contributed by atoms with Crippen LogP contribution in [0.15, 0.2) is 138 Å². The van der Waals surface area contributed by atoms with E-state index in [1.165, 1.54) is 76.8 Å². The Hall–Kier alpha value is -5.14. The molecule has 1 heterocycles. The molecule has 198 valence electrons. The van der Waals surface area contributed by atoms with E-state index in [2.05, 4.69) is 147 Å². The zero-order valence-corrected chi connectivity index (χ0v) is 23.6. The smallest absolute Gasteiger partial charge is 0.136 e. The maximum Gasteiger partial charge on any atom is 0.136 e. The van der Waals surface area contributed by atoms with Gasteiger partial charge in [-0.2, -0.15) is 0 Å². The lowest BCUT2D eigenvalue weighted by Crippen LogP contribution is -2.15. The monoisotopic (exact) mass is 536 g/mol. The zero-order chi connectivity index (χ0) is 28.0. The van der Waals surface area contributed by atoms with Crippen LogP contribution < -0.4 is 0 Å². The van der Waals surface area contributed by atoms with Gasteiger partial charge in [-0.1, -0.05) is 117 Å². The van der Waals surface area contributed by atoms with E-state index >= 15 is 0 Å². The van der Waals surface area contributed by atoms with Crippen LogP contribution in [0.4, 0.5) is 0 Å². The SMILES string of the molecule is CC1(C)c2cc(-c3cccc4oc5cc6ccccc6cc5c34)ccc2-c2c1cc1ccccc1c2-c1ccccc1. The second kappa shape index (κ2) is 8.44. The first-order chi connectivity index (χ1) is 20.6. The van der Waals surface area contributed by atoms with E-state index < -0.39 is 0 Å². The van der Waals surface area contributed by atoms with Crippen LogP contribution in [0, 0.1) is 0 Å². The van der Waals surface area contributed by atoms with Crippen molar-refractivity contribution in [3.8, 4) is 33.4 Å². The summed E-state index contributed by atoms with van der Waals surface area (Å²) in [7, 11) is 0. The fourth-order valence-electron chi connectivity index (χ4n) is 7.37. The van der Waals surface area contributed by atoms with Crippen molar-refractivity contribution < 1.29 is 4.42 Å². The normalized spacial score (nSPS) is 13.7. The molecule has 0 aliphatic heterocycles. The van der Waals surface area contributed by atoms with Gasteiger partial charge in [0.2, 0.25) is 0 Å². The Balaban J connectivity index is 1.31. The lowest BCUT2D eigenvalue weighted by atomic mass is 9.80. The Morgan fingerprint density at radius 3 is 2.02 bits per heavy atom. The van der Waals surface area contributed by atoms with Gasteiger partial charge in [-0.05, 0) is 96.4 Å². The second-order valence-electron chi connectivity index (χ2n) is 12.1. The third-order valence-electron chi connectivity index (χ3n) is 9.42. The lowest BCUT2D eigenvalue weighted by molar-refractivity contribution is 0.661. The van der Waals surface area contributed by atoms with E-state index in [9.17, 15) is 0 Å².